The van der Waals surface area contributed by atoms with Crippen molar-refractivity contribution in [2.45, 2.75) is 19.0 Å². The topological polar surface area (TPSA) is 28.2 Å². The fraction of sp³-hybridized carbons (Fsp3) is 0.312. The third kappa shape index (κ3) is 3.32. The van der Waals surface area contributed by atoms with Crippen LogP contribution in [0.5, 0.6) is 0 Å². The Morgan fingerprint density at radius 1 is 1.11 bits per heavy atom. The monoisotopic (exact) mass is 253 g/mol. The van der Waals surface area contributed by atoms with Crippen molar-refractivity contribution in [2.24, 2.45) is 0 Å². The average Bonchev–Trinajstić information content (AvgIpc) is 2.88. The predicted octanol–water partition coefficient (Wildman–Crippen LogP) is 2.77. The van der Waals surface area contributed by atoms with Crippen LogP contribution in [-0.2, 0) is 6.54 Å². The van der Waals surface area contributed by atoms with Gasteiger partial charge in [0.1, 0.15) is 0 Å². The second-order valence-electron chi connectivity index (χ2n) is 5.09. The fourth-order valence-electron chi connectivity index (χ4n) is 2.62. The SMILES string of the molecule is c1ccc(CN2CCC(Nc3ccncc3)C2)cc1. The number of nitrogens with zero attached hydrogens (tertiary/aromatic N) is 2. The number of likely N-dealkylation sites (tertiary alicyclic amines) is 1. The van der Waals surface area contributed by atoms with E-state index < -0.39 is 0 Å². The third-order valence-corrected chi connectivity index (χ3v) is 3.57. The lowest BCUT2D eigenvalue weighted by Gasteiger charge is -2.17. The molecular weight excluding hydrogens is 234 g/mol. The minimum Gasteiger partial charge on any atom is -0.381 e. The fourth-order valence-corrected chi connectivity index (χ4v) is 2.62. The lowest BCUT2D eigenvalue weighted by atomic mass is 10.2. The molecule has 1 aliphatic heterocycles. The van der Waals surface area contributed by atoms with E-state index in [1.807, 2.05) is 24.5 Å². The van der Waals surface area contributed by atoms with E-state index in [0.717, 1.165) is 19.6 Å². The molecule has 1 unspecified atom stereocenters. The third-order valence-electron chi connectivity index (χ3n) is 3.57. The molecule has 1 aromatic carbocycles. The van der Waals surface area contributed by atoms with E-state index in [1.54, 1.807) is 0 Å². The number of benzene rings is 1. The van der Waals surface area contributed by atoms with Gasteiger partial charge in [-0.1, -0.05) is 30.3 Å². The van der Waals surface area contributed by atoms with E-state index >= 15 is 0 Å². The highest BCUT2D eigenvalue weighted by Gasteiger charge is 2.21. The summed E-state index contributed by atoms with van der Waals surface area (Å²) in [5, 5.41) is 3.57. The van der Waals surface area contributed by atoms with Gasteiger partial charge in [0.2, 0.25) is 0 Å². The van der Waals surface area contributed by atoms with Gasteiger partial charge >= 0.3 is 0 Å². The zero-order valence-electron chi connectivity index (χ0n) is 11.0. The Kier molecular flexibility index (Phi) is 3.75. The van der Waals surface area contributed by atoms with Gasteiger partial charge in [-0.3, -0.25) is 9.88 Å². The highest BCUT2D eigenvalue weighted by Crippen LogP contribution is 2.17. The molecule has 0 aliphatic carbocycles. The summed E-state index contributed by atoms with van der Waals surface area (Å²) in [5.41, 5.74) is 2.56. The Balaban J connectivity index is 1.53. The molecular formula is C16H19N3. The first kappa shape index (κ1) is 12.2. The van der Waals surface area contributed by atoms with Gasteiger partial charge in [0, 0.05) is 43.8 Å². The number of aromatic nitrogens is 1. The molecule has 0 amide bonds. The molecule has 1 N–H and O–H groups in total. The van der Waals surface area contributed by atoms with Crippen molar-refractivity contribution >= 4 is 5.69 Å². The Morgan fingerprint density at radius 3 is 2.68 bits per heavy atom. The van der Waals surface area contributed by atoms with Crippen molar-refractivity contribution in [3.63, 3.8) is 0 Å². The molecule has 0 saturated carbocycles. The lowest BCUT2D eigenvalue weighted by molar-refractivity contribution is 0.328. The highest BCUT2D eigenvalue weighted by molar-refractivity contribution is 5.42. The van der Waals surface area contributed by atoms with Crippen LogP contribution in [-0.4, -0.2) is 29.0 Å². The molecule has 2 heterocycles. The van der Waals surface area contributed by atoms with Crippen molar-refractivity contribution in [2.75, 3.05) is 18.4 Å². The molecule has 3 heteroatoms. The lowest BCUT2D eigenvalue weighted by Crippen LogP contribution is -2.25. The molecule has 19 heavy (non-hydrogen) atoms. The Hall–Kier alpha value is -1.87. The van der Waals surface area contributed by atoms with E-state index in [-0.39, 0.29) is 0 Å². The zero-order chi connectivity index (χ0) is 12.9. The Labute approximate surface area is 114 Å². The summed E-state index contributed by atoms with van der Waals surface area (Å²) in [5.74, 6) is 0. The second-order valence-corrected chi connectivity index (χ2v) is 5.09. The second kappa shape index (κ2) is 5.85. The van der Waals surface area contributed by atoms with Gasteiger partial charge in [-0.15, -0.1) is 0 Å². The molecule has 1 aliphatic rings. The summed E-state index contributed by atoms with van der Waals surface area (Å²) in [6.45, 7) is 3.32. The quantitative estimate of drug-likeness (QED) is 0.908. The Morgan fingerprint density at radius 2 is 1.89 bits per heavy atom. The average molecular weight is 253 g/mol. The first-order valence-corrected chi connectivity index (χ1v) is 6.83. The number of anilines is 1. The summed E-state index contributed by atoms with van der Waals surface area (Å²) in [4.78, 5) is 6.55. The van der Waals surface area contributed by atoms with Crippen LogP contribution in [0.4, 0.5) is 5.69 Å². The normalized spacial score (nSPS) is 19.5. The van der Waals surface area contributed by atoms with Gasteiger partial charge in [-0.05, 0) is 24.1 Å². The molecule has 2 aromatic rings. The summed E-state index contributed by atoms with van der Waals surface area (Å²) >= 11 is 0. The van der Waals surface area contributed by atoms with Crippen LogP contribution in [0.15, 0.2) is 54.9 Å². The maximum absolute atomic E-state index is 4.04. The van der Waals surface area contributed by atoms with Gasteiger partial charge < -0.3 is 5.32 Å². The molecule has 98 valence electrons. The molecule has 1 aromatic heterocycles. The van der Waals surface area contributed by atoms with E-state index in [0.29, 0.717) is 6.04 Å². The van der Waals surface area contributed by atoms with E-state index in [2.05, 4.69) is 45.5 Å². The van der Waals surface area contributed by atoms with E-state index in [4.69, 9.17) is 0 Å². The van der Waals surface area contributed by atoms with Gasteiger partial charge in [0.25, 0.3) is 0 Å². The van der Waals surface area contributed by atoms with Crippen LogP contribution >= 0.6 is 0 Å². The van der Waals surface area contributed by atoms with Crippen LogP contribution in [0, 0.1) is 0 Å². The summed E-state index contributed by atoms with van der Waals surface area (Å²) in [7, 11) is 0. The molecule has 0 radical (unpaired) electrons. The molecule has 3 nitrogen and oxygen atoms in total. The van der Waals surface area contributed by atoms with Gasteiger partial charge in [0.05, 0.1) is 0 Å². The minimum atomic E-state index is 0.547. The van der Waals surface area contributed by atoms with E-state index in [9.17, 15) is 0 Å². The maximum atomic E-state index is 4.04. The smallest absolute Gasteiger partial charge is 0.0400 e. The number of hydrogen-bond acceptors (Lipinski definition) is 3. The van der Waals surface area contributed by atoms with Crippen LogP contribution in [0.2, 0.25) is 0 Å². The first-order chi connectivity index (χ1) is 9.40. The van der Waals surface area contributed by atoms with Crippen molar-refractivity contribution in [1.29, 1.82) is 0 Å². The van der Waals surface area contributed by atoms with Crippen molar-refractivity contribution in [1.82, 2.24) is 9.88 Å². The molecule has 0 bridgehead atoms. The number of nitrogens with one attached hydrogen (secondary N) is 1. The first-order valence-electron chi connectivity index (χ1n) is 6.83. The van der Waals surface area contributed by atoms with Gasteiger partial charge in [0.15, 0.2) is 0 Å². The van der Waals surface area contributed by atoms with Crippen molar-refractivity contribution < 1.29 is 0 Å². The van der Waals surface area contributed by atoms with Crippen LogP contribution in [0.1, 0.15) is 12.0 Å². The summed E-state index contributed by atoms with van der Waals surface area (Å²) in [6, 6.07) is 15.3. The van der Waals surface area contributed by atoms with E-state index in [1.165, 1.54) is 17.7 Å². The predicted molar refractivity (Wildman–Crippen MR) is 78.0 cm³/mol. The molecule has 0 spiro atoms. The number of hydrogen-bond donors (Lipinski definition) is 1. The van der Waals surface area contributed by atoms with Crippen molar-refractivity contribution in [3.8, 4) is 0 Å². The number of rotatable bonds is 4. The summed E-state index contributed by atoms with van der Waals surface area (Å²) < 4.78 is 0. The largest absolute Gasteiger partial charge is 0.381 e. The maximum Gasteiger partial charge on any atom is 0.0400 e. The standard InChI is InChI=1S/C16H19N3/c1-2-4-14(5-3-1)12-19-11-8-16(13-19)18-15-6-9-17-10-7-15/h1-7,9-10,16H,8,11-13H2,(H,17,18). The highest BCUT2D eigenvalue weighted by atomic mass is 15.2. The van der Waals surface area contributed by atoms with Crippen molar-refractivity contribution in [3.05, 3.63) is 60.4 Å². The summed E-state index contributed by atoms with van der Waals surface area (Å²) in [6.07, 6.45) is 4.87. The number of pyridine rings is 1. The molecule has 3 rings (SSSR count). The van der Waals surface area contributed by atoms with Crippen LogP contribution in [0.3, 0.4) is 0 Å². The molecule has 1 atom stereocenters. The Bertz CT molecular complexity index is 450. The minimum absolute atomic E-state index is 0.547. The van der Waals surface area contributed by atoms with Gasteiger partial charge in [-0.2, -0.15) is 0 Å². The van der Waals surface area contributed by atoms with Crippen LogP contribution < -0.4 is 5.32 Å². The van der Waals surface area contributed by atoms with Crippen LogP contribution in [0.25, 0.3) is 0 Å². The van der Waals surface area contributed by atoms with Gasteiger partial charge in [-0.25, -0.2) is 0 Å². The molecule has 1 saturated heterocycles. The molecule has 1 fully saturated rings. The zero-order valence-corrected chi connectivity index (χ0v) is 11.0.